The molecule has 0 aromatic heterocycles. The predicted molar refractivity (Wildman–Crippen MR) is 70.6 cm³/mol. The first-order valence-electron chi connectivity index (χ1n) is 6.12. The molecule has 1 aromatic rings. The molecule has 0 atom stereocenters. The summed E-state index contributed by atoms with van der Waals surface area (Å²) in [5.41, 5.74) is 2.39. The van der Waals surface area contributed by atoms with Crippen molar-refractivity contribution in [1.82, 2.24) is 0 Å². The van der Waals surface area contributed by atoms with Crippen LogP contribution in [0.2, 0.25) is 0 Å². The van der Waals surface area contributed by atoms with Crippen LogP contribution in [0, 0.1) is 0 Å². The summed E-state index contributed by atoms with van der Waals surface area (Å²) in [6, 6.07) is 5.45. The Kier molecular flexibility index (Phi) is 8.11. The molecule has 0 aliphatic heterocycles. The van der Waals surface area contributed by atoms with E-state index in [0.717, 1.165) is 16.8 Å². The Morgan fingerprint density at radius 1 is 1.00 bits per heavy atom. The topological polar surface area (TPSA) is 80.2 Å². The lowest BCUT2D eigenvalue weighted by molar-refractivity contribution is -0.277. The number of anilines is 1. The lowest BCUT2D eigenvalue weighted by Gasteiger charge is -2.10. The van der Waals surface area contributed by atoms with Gasteiger partial charge in [0.15, 0.2) is 0 Å². The fraction of sp³-hybridized carbons (Fsp3) is 0.538. The van der Waals surface area contributed by atoms with E-state index in [1.165, 1.54) is 7.11 Å². The van der Waals surface area contributed by atoms with Crippen LogP contribution < -0.4 is 5.32 Å². The molecule has 0 aliphatic carbocycles. The lowest BCUT2D eigenvalue weighted by Crippen LogP contribution is -2.12. The Morgan fingerprint density at radius 3 is 2.26 bits per heavy atom. The van der Waals surface area contributed by atoms with Crippen LogP contribution in [0.1, 0.15) is 11.1 Å². The number of benzene rings is 1. The SMILES string of the molecule is COOCCOCCNc1cc(CO)cc(CO)c1. The second kappa shape index (κ2) is 9.71. The maximum Gasteiger partial charge on any atom is 0.106 e. The van der Waals surface area contributed by atoms with E-state index < -0.39 is 0 Å². The van der Waals surface area contributed by atoms with E-state index in [1.54, 1.807) is 6.07 Å². The molecule has 19 heavy (non-hydrogen) atoms. The monoisotopic (exact) mass is 271 g/mol. The van der Waals surface area contributed by atoms with Crippen molar-refractivity contribution >= 4 is 5.69 Å². The van der Waals surface area contributed by atoms with Crippen LogP contribution in [0.4, 0.5) is 5.69 Å². The highest BCUT2D eigenvalue weighted by atomic mass is 17.2. The molecule has 0 radical (unpaired) electrons. The van der Waals surface area contributed by atoms with Crippen LogP contribution in [0.3, 0.4) is 0 Å². The van der Waals surface area contributed by atoms with Crippen LogP contribution in [0.5, 0.6) is 0 Å². The van der Waals surface area contributed by atoms with Crippen LogP contribution in [-0.2, 0) is 27.7 Å². The summed E-state index contributed by atoms with van der Waals surface area (Å²) in [5.74, 6) is 0. The van der Waals surface area contributed by atoms with Gasteiger partial charge in [-0.2, -0.15) is 0 Å². The fourth-order valence-corrected chi connectivity index (χ4v) is 1.59. The minimum Gasteiger partial charge on any atom is -0.392 e. The van der Waals surface area contributed by atoms with E-state index in [4.69, 9.17) is 14.9 Å². The van der Waals surface area contributed by atoms with Crippen molar-refractivity contribution in [3.63, 3.8) is 0 Å². The summed E-state index contributed by atoms with van der Waals surface area (Å²) in [6.07, 6.45) is 0. The van der Waals surface area contributed by atoms with Gasteiger partial charge in [0.05, 0.1) is 33.5 Å². The molecule has 0 fully saturated rings. The van der Waals surface area contributed by atoms with Gasteiger partial charge < -0.3 is 20.3 Å². The van der Waals surface area contributed by atoms with Crippen molar-refractivity contribution < 1.29 is 24.7 Å². The molecule has 1 rings (SSSR count). The first kappa shape index (κ1) is 15.9. The average molecular weight is 271 g/mol. The number of aliphatic hydroxyl groups excluding tert-OH is 2. The standard InChI is InChI=1S/C13H21NO5/c1-17-19-5-4-18-3-2-14-13-7-11(9-15)6-12(8-13)10-16/h6-8,14-16H,2-5,9-10H2,1H3. The summed E-state index contributed by atoms with van der Waals surface area (Å²) in [5, 5.41) is 21.4. The van der Waals surface area contributed by atoms with Crippen molar-refractivity contribution in [2.24, 2.45) is 0 Å². The molecule has 108 valence electrons. The zero-order chi connectivity index (χ0) is 13.9. The molecule has 0 saturated carbocycles. The lowest BCUT2D eigenvalue weighted by atomic mass is 10.1. The van der Waals surface area contributed by atoms with Gasteiger partial charge in [0.1, 0.15) is 6.61 Å². The highest BCUT2D eigenvalue weighted by Crippen LogP contribution is 2.15. The number of hydrogen-bond donors (Lipinski definition) is 3. The summed E-state index contributed by atoms with van der Waals surface area (Å²) in [7, 11) is 1.45. The van der Waals surface area contributed by atoms with Crippen LogP contribution >= 0.6 is 0 Å². The highest BCUT2D eigenvalue weighted by Gasteiger charge is 2.00. The molecule has 6 heteroatoms. The molecule has 0 heterocycles. The number of hydrogen-bond acceptors (Lipinski definition) is 6. The first-order valence-corrected chi connectivity index (χ1v) is 6.12. The van der Waals surface area contributed by atoms with Gasteiger partial charge in [0.2, 0.25) is 0 Å². The zero-order valence-corrected chi connectivity index (χ0v) is 11.1. The highest BCUT2D eigenvalue weighted by molar-refractivity contribution is 5.48. The largest absolute Gasteiger partial charge is 0.392 e. The van der Waals surface area contributed by atoms with Crippen molar-refractivity contribution in [3.8, 4) is 0 Å². The Bertz CT molecular complexity index is 337. The van der Waals surface area contributed by atoms with Crippen molar-refractivity contribution in [2.45, 2.75) is 13.2 Å². The van der Waals surface area contributed by atoms with Gasteiger partial charge in [0, 0.05) is 12.2 Å². The molecule has 0 aliphatic rings. The molecule has 6 nitrogen and oxygen atoms in total. The van der Waals surface area contributed by atoms with Gasteiger partial charge in [-0.25, -0.2) is 9.78 Å². The normalized spacial score (nSPS) is 10.7. The van der Waals surface area contributed by atoms with Gasteiger partial charge in [-0.05, 0) is 23.3 Å². The third-order valence-corrected chi connectivity index (χ3v) is 2.42. The Balaban J connectivity index is 2.28. The van der Waals surface area contributed by atoms with Crippen LogP contribution in [-0.4, -0.2) is 43.7 Å². The Labute approximate surface area is 112 Å². The molecule has 0 amide bonds. The quantitative estimate of drug-likeness (QED) is 0.330. The number of ether oxygens (including phenoxy) is 1. The van der Waals surface area contributed by atoms with E-state index in [1.807, 2.05) is 12.1 Å². The third kappa shape index (κ3) is 6.51. The molecule has 0 bridgehead atoms. The Hall–Kier alpha value is -1.18. The van der Waals surface area contributed by atoms with E-state index >= 15 is 0 Å². The predicted octanol–water partition coefficient (Wildman–Crippen LogP) is 0.678. The van der Waals surface area contributed by atoms with E-state index in [9.17, 15) is 0 Å². The average Bonchev–Trinajstić information content (AvgIpc) is 2.45. The zero-order valence-electron chi connectivity index (χ0n) is 11.1. The number of rotatable bonds is 10. The van der Waals surface area contributed by atoms with E-state index in [-0.39, 0.29) is 13.2 Å². The minimum atomic E-state index is -0.0482. The molecule has 0 saturated heterocycles. The van der Waals surface area contributed by atoms with Gasteiger partial charge in [-0.15, -0.1) is 0 Å². The second-order valence-electron chi connectivity index (χ2n) is 3.88. The third-order valence-electron chi connectivity index (χ3n) is 2.42. The van der Waals surface area contributed by atoms with Gasteiger partial charge in [-0.1, -0.05) is 6.07 Å². The van der Waals surface area contributed by atoms with Gasteiger partial charge in [-0.3, -0.25) is 0 Å². The summed E-state index contributed by atoms with van der Waals surface area (Å²) < 4.78 is 5.30. The van der Waals surface area contributed by atoms with E-state index in [0.29, 0.717) is 26.4 Å². The maximum atomic E-state index is 9.11. The molecule has 1 aromatic carbocycles. The molecule has 0 unspecified atom stereocenters. The summed E-state index contributed by atoms with van der Waals surface area (Å²) in [4.78, 5) is 9.08. The minimum absolute atomic E-state index is 0.0482. The van der Waals surface area contributed by atoms with Gasteiger partial charge in [0.25, 0.3) is 0 Å². The van der Waals surface area contributed by atoms with Crippen LogP contribution in [0.25, 0.3) is 0 Å². The molecular weight excluding hydrogens is 250 g/mol. The number of nitrogens with one attached hydrogen (secondary N) is 1. The van der Waals surface area contributed by atoms with Gasteiger partial charge >= 0.3 is 0 Å². The fourth-order valence-electron chi connectivity index (χ4n) is 1.59. The molecule has 3 N–H and O–H groups in total. The maximum absolute atomic E-state index is 9.11. The van der Waals surface area contributed by atoms with Crippen molar-refractivity contribution in [1.29, 1.82) is 0 Å². The molecular formula is C13H21NO5. The Morgan fingerprint density at radius 2 is 1.68 bits per heavy atom. The smallest absolute Gasteiger partial charge is 0.106 e. The van der Waals surface area contributed by atoms with Crippen molar-refractivity contribution in [2.75, 3.05) is 38.8 Å². The van der Waals surface area contributed by atoms with E-state index in [2.05, 4.69) is 15.1 Å². The van der Waals surface area contributed by atoms with Crippen LogP contribution in [0.15, 0.2) is 18.2 Å². The van der Waals surface area contributed by atoms with Crippen molar-refractivity contribution in [3.05, 3.63) is 29.3 Å². The summed E-state index contributed by atoms with van der Waals surface area (Å²) >= 11 is 0. The number of aliphatic hydroxyl groups is 2. The first-order chi connectivity index (χ1) is 9.30. The summed E-state index contributed by atoms with van der Waals surface area (Å²) in [6.45, 7) is 1.93. The molecule has 0 spiro atoms. The second-order valence-corrected chi connectivity index (χ2v) is 3.88.